The third kappa shape index (κ3) is 5.21. The van der Waals surface area contributed by atoms with Crippen molar-refractivity contribution in [2.75, 3.05) is 19.4 Å². The van der Waals surface area contributed by atoms with Crippen molar-refractivity contribution in [1.29, 1.82) is 0 Å². The van der Waals surface area contributed by atoms with Crippen molar-refractivity contribution in [3.8, 4) is 0 Å². The highest BCUT2D eigenvalue weighted by atomic mass is 32.2. The molecule has 2 aromatic rings. The van der Waals surface area contributed by atoms with Crippen LogP contribution >= 0.6 is 0 Å². The molecule has 156 valence electrons. The van der Waals surface area contributed by atoms with Crippen molar-refractivity contribution in [1.82, 2.24) is 4.31 Å². The second-order valence-corrected chi connectivity index (χ2v) is 9.27. The van der Waals surface area contributed by atoms with Gasteiger partial charge in [-0.3, -0.25) is 4.79 Å². The number of esters is 1. The van der Waals surface area contributed by atoms with Crippen LogP contribution in [0.25, 0.3) is 0 Å². The fourth-order valence-corrected chi connectivity index (χ4v) is 3.59. The van der Waals surface area contributed by atoms with Gasteiger partial charge in [-0.2, -0.15) is 0 Å². The summed E-state index contributed by atoms with van der Waals surface area (Å²) in [5, 5.41) is 2.64. The predicted molar refractivity (Wildman–Crippen MR) is 111 cm³/mol. The van der Waals surface area contributed by atoms with Crippen LogP contribution in [-0.2, 0) is 19.6 Å². The van der Waals surface area contributed by atoms with Crippen LogP contribution in [0.4, 0.5) is 5.69 Å². The van der Waals surface area contributed by atoms with Gasteiger partial charge in [0, 0.05) is 19.8 Å². The molecule has 1 atom stereocenters. The second kappa shape index (κ2) is 8.75. The van der Waals surface area contributed by atoms with E-state index in [1.54, 1.807) is 32.0 Å². The lowest BCUT2D eigenvalue weighted by atomic mass is 10.1. The Morgan fingerprint density at radius 3 is 2.24 bits per heavy atom. The molecule has 0 aromatic heterocycles. The van der Waals surface area contributed by atoms with Gasteiger partial charge in [0.1, 0.15) is 0 Å². The molecule has 2 aromatic carbocycles. The summed E-state index contributed by atoms with van der Waals surface area (Å²) in [7, 11) is -0.774. The summed E-state index contributed by atoms with van der Waals surface area (Å²) in [4.78, 5) is 25.0. The van der Waals surface area contributed by atoms with Crippen LogP contribution in [0.3, 0.4) is 0 Å². The van der Waals surface area contributed by atoms with E-state index >= 15 is 0 Å². The number of carbonyl (C=O) groups excluding carboxylic acids is 2. The van der Waals surface area contributed by atoms with Gasteiger partial charge in [-0.15, -0.1) is 0 Å². The van der Waals surface area contributed by atoms with Gasteiger partial charge in [-0.1, -0.05) is 23.8 Å². The zero-order chi connectivity index (χ0) is 21.9. The quantitative estimate of drug-likeness (QED) is 0.728. The predicted octanol–water partition coefficient (Wildman–Crippen LogP) is 3.05. The van der Waals surface area contributed by atoms with Gasteiger partial charge in [-0.05, 0) is 57.0 Å². The summed E-state index contributed by atoms with van der Waals surface area (Å²) in [6.45, 7) is 6.93. The van der Waals surface area contributed by atoms with Crippen molar-refractivity contribution in [2.24, 2.45) is 0 Å². The van der Waals surface area contributed by atoms with E-state index in [9.17, 15) is 18.0 Å². The van der Waals surface area contributed by atoms with Gasteiger partial charge in [0.2, 0.25) is 10.0 Å². The number of aryl methyl sites for hydroxylation is 3. The van der Waals surface area contributed by atoms with Crippen molar-refractivity contribution in [3.05, 3.63) is 58.7 Å². The lowest BCUT2D eigenvalue weighted by Gasteiger charge is -2.17. The highest BCUT2D eigenvalue weighted by Gasteiger charge is 2.22. The molecule has 0 aliphatic carbocycles. The van der Waals surface area contributed by atoms with Crippen LogP contribution in [-0.4, -0.2) is 44.8 Å². The number of anilines is 1. The first-order chi connectivity index (χ1) is 13.4. The molecular weight excluding hydrogens is 392 g/mol. The largest absolute Gasteiger partial charge is 0.449 e. The topological polar surface area (TPSA) is 92.8 Å². The third-order valence-electron chi connectivity index (χ3n) is 4.50. The molecule has 7 nitrogen and oxygen atoms in total. The van der Waals surface area contributed by atoms with Crippen LogP contribution in [0, 0.1) is 20.8 Å². The molecule has 0 radical (unpaired) electrons. The maximum absolute atomic E-state index is 12.5. The van der Waals surface area contributed by atoms with Crippen molar-refractivity contribution in [2.45, 2.75) is 38.7 Å². The van der Waals surface area contributed by atoms with Crippen LogP contribution < -0.4 is 5.32 Å². The number of hydrogen-bond donors (Lipinski definition) is 1. The van der Waals surface area contributed by atoms with Crippen molar-refractivity contribution < 1.29 is 22.7 Å². The molecule has 8 heteroatoms. The fraction of sp³-hybridized carbons (Fsp3) is 0.333. The van der Waals surface area contributed by atoms with E-state index in [1.807, 2.05) is 13.0 Å². The molecule has 0 saturated carbocycles. The molecule has 29 heavy (non-hydrogen) atoms. The number of carbonyl (C=O) groups is 2. The minimum Gasteiger partial charge on any atom is -0.449 e. The molecule has 0 bridgehead atoms. The van der Waals surface area contributed by atoms with Crippen molar-refractivity contribution in [3.63, 3.8) is 0 Å². The normalized spacial score (nSPS) is 12.5. The molecule has 0 aliphatic rings. The Hall–Kier alpha value is -2.71. The molecule has 0 saturated heterocycles. The zero-order valence-electron chi connectivity index (χ0n) is 17.4. The molecule has 0 aliphatic heterocycles. The number of hydrogen-bond acceptors (Lipinski definition) is 5. The van der Waals surface area contributed by atoms with Gasteiger partial charge in [0.15, 0.2) is 6.10 Å². The summed E-state index contributed by atoms with van der Waals surface area (Å²) in [5.41, 5.74) is 3.20. The molecular formula is C21H26N2O5S. The Kier molecular flexibility index (Phi) is 6.81. The number of nitrogens with zero attached hydrogens (tertiary/aromatic N) is 1. The Balaban J connectivity index is 2.16. The Morgan fingerprint density at radius 1 is 1.00 bits per heavy atom. The van der Waals surface area contributed by atoms with E-state index in [4.69, 9.17) is 4.74 Å². The number of rotatable bonds is 6. The average Bonchev–Trinajstić information content (AvgIpc) is 2.62. The van der Waals surface area contributed by atoms with E-state index in [1.165, 1.54) is 33.2 Å². The molecule has 1 N–H and O–H groups in total. The monoisotopic (exact) mass is 418 g/mol. The summed E-state index contributed by atoms with van der Waals surface area (Å²) < 4.78 is 31.0. The van der Waals surface area contributed by atoms with Gasteiger partial charge < -0.3 is 10.1 Å². The molecule has 1 unspecified atom stereocenters. The zero-order valence-corrected chi connectivity index (χ0v) is 18.3. The summed E-state index contributed by atoms with van der Waals surface area (Å²) in [6, 6.07) is 9.80. The maximum atomic E-state index is 12.5. The Bertz CT molecular complexity index is 1050. The highest BCUT2D eigenvalue weighted by molar-refractivity contribution is 7.89. The minimum absolute atomic E-state index is 0.0586. The third-order valence-corrected chi connectivity index (χ3v) is 6.31. The van der Waals surface area contributed by atoms with Crippen LogP contribution in [0.2, 0.25) is 0 Å². The van der Waals surface area contributed by atoms with Gasteiger partial charge >= 0.3 is 5.97 Å². The average molecular weight is 419 g/mol. The Morgan fingerprint density at radius 2 is 1.66 bits per heavy atom. The van der Waals surface area contributed by atoms with E-state index in [0.29, 0.717) is 16.8 Å². The minimum atomic E-state index is -3.64. The fourth-order valence-electron chi connectivity index (χ4n) is 2.66. The first kappa shape index (κ1) is 22.6. The first-order valence-corrected chi connectivity index (χ1v) is 10.5. The number of nitrogens with one attached hydrogen (secondary N) is 1. The number of benzene rings is 2. The molecule has 1 amide bonds. The smallest absolute Gasteiger partial charge is 0.339 e. The molecule has 0 fully saturated rings. The highest BCUT2D eigenvalue weighted by Crippen LogP contribution is 2.22. The Labute approximate surface area is 171 Å². The standard InChI is InChI=1S/C21H26N2O5S/c1-13-7-10-18(15(3)11-13)21(25)28-16(4)20(24)22-19-12-17(9-8-14(19)2)29(26,27)23(5)6/h7-12,16H,1-6H3,(H,22,24). The summed E-state index contributed by atoms with van der Waals surface area (Å²) >= 11 is 0. The van der Waals surface area contributed by atoms with E-state index < -0.39 is 28.0 Å². The molecule has 2 rings (SSSR count). The summed E-state index contributed by atoms with van der Waals surface area (Å²) in [6.07, 6.45) is -1.06. The molecule has 0 spiro atoms. The number of sulfonamides is 1. The van der Waals surface area contributed by atoms with Crippen molar-refractivity contribution >= 4 is 27.6 Å². The number of ether oxygens (including phenoxy) is 1. The SMILES string of the molecule is Cc1ccc(C(=O)OC(C)C(=O)Nc2cc(S(=O)(=O)N(C)C)ccc2C)c(C)c1. The van der Waals surface area contributed by atoms with Gasteiger partial charge in [0.25, 0.3) is 5.91 Å². The van der Waals surface area contributed by atoms with Crippen LogP contribution in [0.15, 0.2) is 41.3 Å². The lowest BCUT2D eigenvalue weighted by Crippen LogP contribution is -2.30. The second-order valence-electron chi connectivity index (χ2n) is 7.12. The van der Waals surface area contributed by atoms with Gasteiger partial charge in [0.05, 0.1) is 10.5 Å². The van der Waals surface area contributed by atoms with Gasteiger partial charge in [-0.25, -0.2) is 17.5 Å². The van der Waals surface area contributed by atoms with Crippen LogP contribution in [0.5, 0.6) is 0 Å². The maximum Gasteiger partial charge on any atom is 0.339 e. The number of amides is 1. The lowest BCUT2D eigenvalue weighted by molar-refractivity contribution is -0.123. The van der Waals surface area contributed by atoms with E-state index in [2.05, 4.69) is 5.32 Å². The van der Waals surface area contributed by atoms with Crippen LogP contribution in [0.1, 0.15) is 34.0 Å². The van der Waals surface area contributed by atoms with E-state index in [0.717, 1.165) is 15.4 Å². The molecule has 0 heterocycles. The van der Waals surface area contributed by atoms with E-state index in [-0.39, 0.29) is 4.90 Å². The first-order valence-electron chi connectivity index (χ1n) is 9.05. The summed E-state index contributed by atoms with van der Waals surface area (Å²) in [5.74, 6) is -1.14.